The molecule has 1 aromatic carbocycles. The third-order valence-electron chi connectivity index (χ3n) is 4.03. The Morgan fingerprint density at radius 3 is 2.95 bits per heavy atom. The number of hydrogen-bond acceptors (Lipinski definition) is 3. The van der Waals surface area contributed by atoms with E-state index >= 15 is 0 Å². The van der Waals surface area contributed by atoms with E-state index in [1.54, 1.807) is 10.9 Å². The summed E-state index contributed by atoms with van der Waals surface area (Å²) in [6.45, 7) is 2.03. The first-order valence-corrected chi connectivity index (χ1v) is 7.73. The van der Waals surface area contributed by atoms with Gasteiger partial charge in [0.15, 0.2) is 0 Å². The van der Waals surface area contributed by atoms with Crippen LogP contribution >= 0.6 is 0 Å². The molecular formula is C17H21N3O2. The van der Waals surface area contributed by atoms with Gasteiger partial charge in [-0.25, -0.2) is 0 Å². The molecule has 0 spiro atoms. The molecule has 2 heterocycles. The summed E-state index contributed by atoms with van der Waals surface area (Å²) in [5.74, 6) is 0.408. The molecule has 0 saturated carbocycles. The largest absolute Gasteiger partial charge is 0.373 e. The molecule has 3 rings (SSSR count). The maximum atomic E-state index is 11.9. The summed E-state index contributed by atoms with van der Waals surface area (Å²) < 4.78 is 7.61. The number of nitrogens with one attached hydrogen (secondary N) is 1. The van der Waals surface area contributed by atoms with Gasteiger partial charge in [0.1, 0.15) is 0 Å². The lowest BCUT2D eigenvalue weighted by molar-refractivity contribution is -0.121. The molecule has 1 fully saturated rings. The van der Waals surface area contributed by atoms with Crippen molar-refractivity contribution < 1.29 is 9.53 Å². The smallest absolute Gasteiger partial charge is 0.221 e. The topological polar surface area (TPSA) is 56.2 Å². The van der Waals surface area contributed by atoms with E-state index in [1.165, 1.54) is 5.56 Å². The fraction of sp³-hybridized carbons (Fsp3) is 0.412. The zero-order valence-electron chi connectivity index (χ0n) is 12.5. The Hall–Kier alpha value is -2.14. The lowest BCUT2D eigenvalue weighted by Gasteiger charge is -2.19. The molecule has 2 atom stereocenters. The minimum absolute atomic E-state index is 0.0641. The van der Waals surface area contributed by atoms with Gasteiger partial charge in [-0.1, -0.05) is 30.3 Å². The van der Waals surface area contributed by atoms with Crippen molar-refractivity contribution in [3.05, 3.63) is 54.4 Å². The molecule has 1 aromatic heterocycles. The number of rotatable bonds is 6. The van der Waals surface area contributed by atoms with Crippen LogP contribution in [-0.2, 0) is 16.1 Å². The van der Waals surface area contributed by atoms with E-state index in [0.717, 1.165) is 13.0 Å². The SMILES string of the molecule is O=C(CCn1cccn1)NC[C@@H]1CCO[C@H]1c1ccccc1. The summed E-state index contributed by atoms with van der Waals surface area (Å²) in [7, 11) is 0. The van der Waals surface area contributed by atoms with Gasteiger partial charge in [-0.3, -0.25) is 9.48 Å². The minimum atomic E-state index is 0.0641. The van der Waals surface area contributed by atoms with Crippen molar-refractivity contribution in [2.75, 3.05) is 13.2 Å². The zero-order chi connectivity index (χ0) is 15.2. The van der Waals surface area contributed by atoms with Crippen molar-refractivity contribution in [2.24, 2.45) is 5.92 Å². The molecule has 22 heavy (non-hydrogen) atoms. The molecule has 0 unspecified atom stereocenters. The van der Waals surface area contributed by atoms with Gasteiger partial charge < -0.3 is 10.1 Å². The number of amides is 1. The fourth-order valence-electron chi connectivity index (χ4n) is 2.84. The average Bonchev–Trinajstić information content (AvgIpc) is 3.23. The van der Waals surface area contributed by atoms with E-state index in [1.807, 2.05) is 30.5 Å². The summed E-state index contributed by atoms with van der Waals surface area (Å²) in [5.41, 5.74) is 1.19. The fourth-order valence-corrected chi connectivity index (χ4v) is 2.84. The highest BCUT2D eigenvalue weighted by molar-refractivity contribution is 5.75. The van der Waals surface area contributed by atoms with Crippen LogP contribution in [0.5, 0.6) is 0 Å². The third kappa shape index (κ3) is 3.74. The molecule has 5 heteroatoms. The van der Waals surface area contributed by atoms with Crippen molar-refractivity contribution in [1.29, 1.82) is 0 Å². The first-order valence-electron chi connectivity index (χ1n) is 7.73. The van der Waals surface area contributed by atoms with Crippen LogP contribution in [-0.4, -0.2) is 28.8 Å². The predicted molar refractivity (Wildman–Crippen MR) is 83.1 cm³/mol. The standard InChI is InChI=1S/C17H21N3O2/c21-16(7-11-20-10-4-9-19-20)18-13-15-8-12-22-17(15)14-5-2-1-3-6-14/h1-6,9-10,15,17H,7-8,11-13H2,(H,18,21)/t15-,17-/m0/s1. The van der Waals surface area contributed by atoms with E-state index in [4.69, 9.17) is 4.74 Å². The quantitative estimate of drug-likeness (QED) is 0.889. The highest BCUT2D eigenvalue weighted by Gasteiger charge is 2.29. The number of ether oxygens (including phenoxy) is 1. The molecule has 0 radical (unpaired) electrons. The Morgan fingerprint density at radius 1 is 1.32 bits per heavy atom. The number of nitrogens with zero attached hydrogens (tertiary/aromatic N) is 2. The van der Waals surface area contributed by atoms with Crippen LogP contribution < -0.4 is 5.32 Å². The van der Waals surface area contributed by atoms with E-state index < -0.39 is 0 Å². The molecule has 0 bridgehead atoms. The van der Waals surface area contributed by atoms with Gasteiger partial charge in [0.2, 0.25) is 5.91 Å². The maximum Gasteiger partial charge on any atom is 0.221 e. The summed E-state index contributed by atoms with van der Waals surface area (Å²) >= 11 is 0. The summed E-state index contributed by atoms with van der Waals surface area (Å²) in [6.07, 6.45) is 5.11. The van der Waals surface area contributed by atoms with Crippen molar-refractivity contribution in [1.82, 2.24) is 15.1 Å². The van der Waals surface area contributed by atoms with E-state index in [0.29, 0.717) is 25.4 Å². The van der Waals surface area contributed by atoms with Gasteiger partial charge in [-0.2, -0.15) is 5.10 Å². The van der Waals surface area contributed by atoms with E-state index in [-0.39, 0.29) is 12.0 Å². The van der Waals surface area contributed by atoms with Crippen molar-refractivity contribution in [3.8, 4) is 0 Å². The second kappa shape index (κ2) is 7.22. The van der Waals surface area contributed by atoms with Gasteiger partial charge in [0.25, 0.3) is 0 Å². The Bertz CT molecular complexity index is 583. The Morgan fingerprint density at radius 2 is 2.18 bits per heavy atom. The van der Waals surface area contributed by atoms with Crippen LogP contribution in [0, 0.1) is 5.92 Å². The van der Waals surface area contributed by atoms with Crippen LogP contribution in [0.3, 0.4) is 0 Å². The maximum absolute atomic E-state index is 11.9. The van der Waals surface area contributed by atoms with Crippen molar-refractivity contribution in [2.45, 2.75) is 25.5 Å². The normalized spacial score (nSPS) is 20.9. The molecular weight excluding hydrogens is 278 g/mol. The Labute approximate surface area is 130 Å². The van der Waals surface area contributed by atoms with Gasteiger partial charge in [-0.05, 0) is 18.1 Å². The van der Waals surface area contributed by atoms with Gasteiger partial charge in [0, 0.05) is 44.4 Å². The Kier molecular flexibility index (Phi) is 4.85. The number of carbonyl (C=O) groups excluding carboxylic acids is 1. The van der Waals surface area contributed by atoms with Gasteiger partial charge in [-0.15, -0.1) is 0 Å². The molecule has 1 aliphatic rings. The van der Waals surface area contributed by atoms with Crippen molar-refractivity contribution >= 4 is 5.91 Å². The van der Waals surface area contributed by atoms with Crippen molar-refractivity contribution in [3.63, 3.8) is 0 Å². The van der Waals surface area contributed by atoms with Gasteiger partial charge in [0.05, 0.1) is 6.10 Å². The molecule has 0 aliphatic carbocycles. The number of carbonyl (C=O) groups is 1. The number of aryl methyl sites for hydroxylation is 1. The van der Waals surface area contributed by atoms with Crippen LogP contribution in [0.2, 0.25) is 0 Å². The number of aromatic nitrogens is 2. The van der Waals surface area contributed by atoms with E-state index in [2.05, 4.69) is 22.5 Å². The van der Waals surface area contributed by atoms with Crippen LogP contribution in [0.15, 0.2) is 48.8 Å². The van der Waals surface area contributed by atoms with Crippen LogP contribution in [0.4, 0.5) is 0 Å². The highest BCUT2D eigenvalue weighted by atomic mass is 16.5. The lowest BCUT2D eigenvalue weighted by atomic mass is 9.95. The highest BCUT2D eigenvalue weighted by Crippen LogP contribution is 2.33. The summed E-state index contributed by atoms with van der Waals surface area (Å²) in [5, 5.41) is 7.12. The molecule has 2 aromatic rings. The lowest BCUT2D eigenvalue weighted by Crippen LogP contribution is -2.31. The van der Waals surface area contributed by atoms with Gasteiger partial charge >= 0.3 is 0 Å². The predicted octanol–water partition coefficient (Wildman–Crippen LogP) is 2.17. The monoisotopic (exact) mass is 299 g/mol. The molecule has 5 nitrogen and oxygen atoms in total. The van der Waals surface area contributed by atoms with Crippen LogP contribution in [0.1, 0.15) is 24.5 Å². The van der Waals surface area contributed by atoms with Crippen LogP contribution in [0.25, 0.3) is 0 Å². The molecule has 116 valence electrons. The first-order chi connectivity index (χ1) is 10.8. The zero-order valence-corrected chi connectivity index (χ0v) is 12.5. The summed E-state index contributed by atoms with van der Waals surface area (Å²) in [6, 6.07) is 12.1. The van der Waals surface area contributed by atoms with E-state index in [9.17, 15) is 4.79 Å². The minimum Gasteiger partial charge on any atom is -0.373 e. The molecule has 1 aliphatic heterocycles. The molecule has 1 N–H and O–H groups in total. The number of hydrogen-bond donors (Lipinski definition) is 1. The second-order valence-corrected chi connectivity index (χ2v) is 5.57. The summed E-state index contributed by atoms with van der Waals surface area (Å²) in [4.78, 5) is 11.9. The molecule has 1 saturated heterocycles. The second-order valence-electron chi connectivity index (χ2n) is 5.57. The third-order valence-corrected chi connectivity index (χ3v) is 4.03. The Balaban J connectivity index is 1.47. The molecule has 1 amide bonds. The number of benzene rings is 1. The average molecular weight is 299 g/mol. The first kappa shape index (κ1) is 14.8.